The molecule has 0 radical (unpaired) electrons. The van der Waals surface area contributed by atoms with Gasteiger partial charge >= 0.3 is 0 Å². The van der Waals surface area contributed by atoms with Crippen LogP contribution in [0.25, 0.3) is 0 Å². The van der Waals surface area contributed by atoms with Crippen LogP contribution in [0.5, 0.6) is 0 Å². The number of likely N-dealkylation sites (tertiary alicyclic amines) is 1. The molecule has 82 valence electrons. The Hall–Kier alpha value is -0.0400. The van der Waals surface area contributed by atoms with Crippen LogP contribution in [0.1, 0.15) is 47.0 Å². The zero-order valence-corrected chi connectivity index (χ0v) is 10.2. The fraction of sp³-hybridized carbons (Fsp3) is 1.00. The summed E-state index contributed by atoms with van der Waals surface area (Å²) < 4.78 is 0. The Morgan fingerprint density at radius 3 is 2.00 bits per heavy atom. The van der Waals surface area contributed by atoms with E-state index in [9.17, 15) is 0 Å². The van der Waals surface area contributed by atoms with Crippen LogP contribution in [0.4, 0.5) is 0 Å². The molecule has 1 heterocycles. The first-order chi connectivity index (χ1) is 6.59. The third-order valence-corrected chi connectivity index (χ3v) is 4.14. The smallest absolute Gasteiger partial charge is 0.0124 e. The Morgan fingerprint density at radius 2 is 1.64 bits per heavy atom. The zero-order valence-electron chi connectivity index (χ0n) is 10.2. The lowest BCUT2D eigenvalue weighted by molar-refractivity contribution is 0.163. The van der Waals surface area contributed by atoms with Crippen LogP contribution in [0.15, 0.2) is 0 Å². The highest BCUT2D eigenvalue weighted by Crippen LogP contribution is 2.44. The summed E-state index contributed by atoms with van der Waals surface area (Å²) in [6.07, 6.45) is 4.50. The van der Waals surface area contributed by atoms with Gasteiger partial charge in [0.1, 0.15) is 0 Å². The van der Waals surface area contributed by atoms with Crippen molar-refractivity contribution in [3.63, 3.8) is 0 Å². The van der Waals surface area contributed by atoms with Gasteiger partial charge in [0.15, 0.2) is 0 Å². The first-order valence-electron chi connectivity index (χ1n) is 6.35. The second kappa shape index (κ2) is 3.84. The summed E-state index contributed by atoms with van der Waals surface area (Å²) in [5.41, 5.74) is 0. The van der Waals surface area contributed by atoms with Gasteiger partial charge in [0, 0.05) is 18.6 Å². The summed E-state index contributed by atoms with van der Waals surface area (Å²) >= 11 is 0. The molecular formula is C13H25N. The Labute approximate surface area is 88.9 Å². The first-order valence-corrected chi connectivity index (χ1v) is 6.35. The van der Waals surface area contributed by atoms with E-state index in [0.29, 0.717) is 0 Å². The zero-order chi connectivity index (χ0) is 10.3. The van der Waals surface area contributed by atoms with Crippen molar-refractivity contribution in [2.24, 2.45) is 17.8 Å². The van der Waals surface area contributed by atoms with Gasteiger partial charge in [-0.2, -0.15) is 0 Å². The van der Waals surface area contributed by atoms with E-state index < -0.39 is 0 Å². The molecule has 1 saturated heterocycles. The maximum absolute atomic E-state index is 2.74. The summed E-state index contributed by atoms with van der Waals surface area (Å²) in [5, 5.41) is 0. The Kier molecular flexibility index (Phi) is 2.88. The van der Waals surface area contributed by atoms with Crippen molar-refractivity contribution < 1.29 is 0 Å². The molecule has 0 amide bonds. The topological polar surface area (TPSA) is 3.24 Å². The molecule has 1 aliphatic heterocycles. The van der Waals surface area contributed by atoms with Gasteiger partial charge in [-0.3, -0.25) is 4.90 Å². The molecule has 14 heavy (non-hydrogen) atoms. The van der Waals surface area contributed by atoms with Gasteiger partial charge in [-0.1, -0.05) is 13.8 Å². The highest BCUT2D eigenvalue weighted by atomic mass is 15.2. The van der Waals surface area contributed by atoms with Gasteiger partial charge in [-0.05, 0) is 50.9 Å². The van der Waals surface area contributed by atoms with E-state index in [1.165, 1.54) is 25.8 Å². The number of rotatable bonds is 3. The third kappa shape index (κ3) is 1.98. The molecule has 2 rings (SSSR count). The molecule has 1 nitrogen and oxygen atoms in total. The first kappa shape index (κ1) is 10.5. The van der Waals surface area contributed by atoms with E-state index in [2.05, 4.69) is 32.6 Å². The Balaban J connectivity index is 1.99. The fourth-order valence-corrected chi connectivity index (χ4v) is 3.08. The average molecular weight is 195 g/mol. The second-order valence-corrected chi connectivity index (χ2v) is 5.94. The molecule has 0 aromatic carbocycles. The minimum Gasteiger partial charge on any atom is -0.297 e. The van der Waals surface area contributed by atoms with E-state index >= 15 is 0 Å². The predicted molar refractivity (Wildman–Crippen MR) is 61.3 cm³/mol. The molecule has 0 spiro atoms. The molecule has 1 saturated carbocycles. The van der Waals surface area contributed by atoms with Crippen LogP contribution in [0.3, 0.4) is 0 Å². The summed E-state index contributed by atoms with van der Waals surface area (Å²) in [7, 11) is 0. The lowest BCUT2D eigenvalue weighted by Gasteiger charge is -2.30. The number of hydrogen-bond donors (Lipinski definition) is 0. The van der Waals surface area contributed by atoms with Crippen molar-refractivity contribution in [2.75, 3.05) is 6.54 Å². The third-order valence-electron chi connectivity index (χ3n) is 4.14. The highest BCUT2D eigenvalue weighted by Gasteiger charge is 2.42. The Bertz CT molecular complexity index is 177. The average Bonchev–Trinajstić information content (AvgIpc) is 2.83. The largest absolute Gasteiger partial charge is 0.297 e. The van der Waals surface area contributed by atoms with Gasteiger partial charge in [-0.25, -0.2) is 0 Å². The molecular weight excluding hydrogens is 170 g/mol. The Morgan fingerprint density at radius 1 is 1.00 bits per heavy atom. The van der Waals surface area contributed by atoms with Gasteiger partial charge in [0.2, 0.25) is 0 Å². The monoisotopic (exact) mass is 195 g/mol. The van der Waals surface area contributed by atoms with Crippen LogP contribution >= 0.6 is 0 Å². The lowest BCUT2D eigenvalue weighted by Crippen LogP contribution is -2.38. The second-order valence-electron chi connectivity index (χ2n) is 5.94. The quantitative estimate of drug-likeness (QED) is 0.668. The summed E-state index contributed by atoms with van der Waals surface area (Å²) in [6, 6.07) is 1.60. The predicted octanol–water partition coefficient (Wildman–Crippen LogP) is 3.15. The molecule has 1 heteroatoms. The van der Waals surface area contributed by atoms with E-state index in [0.717, 1.165) is 29.8 Å². The maximum Gasteiger partial charge on any atom is 0.0124 e. The SMILES string of the molecule is CC(C)[C@@H]1CC(C2CC2)CN1C(C)C. The van der Waals surface area contributed by atoms with Crippen molar-refractivity contribution in [1.82, 2.24) is 4.90 Å². The highest BCUT2D eigenvalue weighted by molar-refractivity contribution is 4.94. The summed E-state index contributed by atoms with van der Waals surface area (Å²) in [5.74, 6) is 2.96. The van der Waals surface area contributed by atoms with Crippen molar-refractivity contribution >= 4 is 0 Å². The molecule has 2 aliphatic rings. The van der Waals surface area contributed by atoms with E-state index in [1.54, 1.807) is 0 Å². The minimum absolute atomic E-state index is 0.742. The molecule has 2 fully saturated rings. The normalized spacial score (nSPS) is 34.7. The molecule has 0 aromatic rings. The molecule has 1 unspecified atom stereocenters. The van der Waals surface area contributed by atoms with E-state index in [1.807, 2.05) is 0 Å². The lowest BCUT2D eigenvalue weighted by atomic mass is 9.94. The molecule has 0 N–H and O–H groups in total. The van der Waals surface area contributed by atoms with Crippen molar-refractivity contribution in [3.8, 4) is 0 Å². The van der Waals surface area contributed by atoms with Gasteiger partial charge in [-0.15, -0.1) is 0 Å². The van der Waals surface area contributed by atoms with Crippen LogP contribution in [-0.2, 0) is 0 Å². The van der Waals surface area contributed by atoms with Crippen LogP contribution < -0.4 is 0 Å². The summed E-state index contributed by atoms with van der Waals surface area (Å²) in [4.78, 5) is 2.74. The van der Waals surface area contributed by atoms with E-state index in [-0.39, 0.29) is 0 Å². The molecule has 0 aromatic heterocycles. The summed E-state index contributed by atoms with van der Waals surface area (Å²) in [6.45, 7) is 10.9. The number of nitrogens with zero attached hydrogens (tertiary/aromatic N) is 1. The van der Waals surface area contributed by atoms with Gasteiger partial charge in [0.25, 0.3) is 0 Å². The van der Waals surface area contributed by atoms with Crippen molar-refractivity contribution in [3.05, 3.63) is 0 Å². The van der Waals surface area contributed by atoms with E-state index in [4.69, 9.17) is 0 Å². The van der Waals surface area contributed by atoms with Crippen molar-refractivity contribution in [2.45, 2.75) is 59.0 Å². The van der Waals surface area contributed by atoms with Crippen molar-refractivity contribution in [1.29, 1.82) is 0 Å². The van der Waals surface area contributed by atoms with Gasteiger partial charge < -0.3 is 0 Å². The standard InChI is InChI=1S/C13H25N/c1-9(2)13-7-12(11-5-6-11)8-14(13)10(3)4/h9-13H,5-8H2,1-4H3/t12?,13-/m0/s1. The molecule has 0 bridgehead atoms. The molecule has 2 atom stereocenters. The number of hydrogen-bond acceptors (Lipinski definition) is 1. The van der Waals surface area contributed by atoms with Gasteiger partial charge in [0.05, 0.1) is 0 Å². The molecule has 1 aliphatic carbocycles. The van der Waals surface area contributed by atoms with Crippen LogP contribution in [-0.4, -0.2) is 23.5 Å². The maximum atomic E-state index is 2.74. The van der Waals surface area contributed by atoms with Crippen LogP contribution in [0, 0.1) is 17.8 Å². The fourth-order valence-electron chi connectivity index (χ4n) is 3.08. The van der Waals surface area contributed by atoms with Crippen LogP contribution in [0.2, 0.25) is 0 Å². The minimum atomic E-state index is 0.742.